The molecule has 0 saturated carbocycles. The smallest absolute Gasteiger partial charge is 0.373 e. The van der Waals surface area contributed by atoms with Crippen LogP contribution in [0.15, 0.2) is 34.6 Å². The molecule has 10 heteroatoms. The zero-order chi connectivity index (χ0) is 21.6. The number of hydrogen-bond donors (Lipinski definition) is 2. The minimum absolute atomic E-state index is 0. The van der Waals surface area contributed by atoms with Crippen molar-refractivity contribution in [1.82, 2.24) is 15.6 Å². The molecule has 1 aliphatic rings. The third kappa shape index (κ3) is 7.60. The highest BCUT2D eigenvalue weighted by Gasteiger charge is 2.33. The van der Waals surface area contributed by atoms with Gasteiger partial charge in [0.25, 0.3) is 0 Å². The van der Waals surface area contributed by atoms with Gasteiger partial charge in [-0.15, -0.1) is 35.3 Å². The van der Waals surface area contributed by atoms with Crippen LogP contribution in [0.2, 0.25) is 0 Å². The molecule has 1 aliphatic heterocycles. The van der Waals surface area contributed by atoms with Gasteiger partial charge in [-0.3, -0.25) is 4.99 Å². The van der Waals surface area contributed by atoms with Crippen LogP contribution in [0.5, 0.6) is 0 Å². The van der Waals surface area contributed by atoms with Crippen molar-refractivity contribution in [2.24, 2.45) is 10.9 Å². The number of thiazole rings is 1. The largest absolute Gasteiger partial charge is 0.434 e. The second-order valence-corrected chi connectivity index (χ2v) is 8.30. The highest BCUT2D eigenvalue weighted by molar-refractivity contribution is 14.0. The van der Waals surface area contributed by atoms with Gasteiger partial charge in [0.05, 0.1) is 11.1 Å². The zero-order valence-corrected chi connectivity index (χ0v) is 20.7. The minimum atomic E-state index is -4.39. The molecule has 2 unspecified atom stereocenters. The first kappa shape index (κ1) is 25.9. The predicted octanol–water partition coefficient (Wildman–Crippen LogP) is 4.96. The first-order chi connectivity index (χ1) is 14.4. The molecule has 0 radical (unpaired) electrons. The van der Waals surface area contributed by atoms with Crippen LogP contribution in [0.25, 0.3) is 0 Å². The second kappa shape index (κ2) is 12.0. The first-order valence-electron chi connectivity index (χ1n) is 10.0. The fourth-order valence-corrected chi connectivity index (χ4v) is 4.27. The molecule has 172 valence electrons. The number of benzene rings is 1. The summed E-state index contributed by atoms with van der Waals surface area (Å²) in [5.41, 5.74) is 1.57. The third-order valence-electron chi connectivity index (χ3n) is 5.08. The number of aromatic nitrogens is 1. The van der Waals surface area contributed by atoms with Crippen molar-refractivity contribution in [1.29, 1.82) is 0 Å². The van der Waals surface area contributed by atoms with Gasteiger partial charge >= 0.3 is 6.18 Å². The molecule has 1 aromatic heterocycles. The summed E-state index contributed by atoms with van der Waals surface area (Å²) in [7, 11) is 1.68. The van der Waals surface area contributed by atoms with Crippen LogP contribution in [0.4, 0.5) is 13.2 Å². The molecule has 2 atom stereocenters. The number of nitrogens with one attached hydrogen (secondary N) is 2. The maximum atomic E-state index is 12.6. The van der Waals surface area contributed by atoms with Crippen LogP contribution in [-0.2, 0) is 17.3 Å². The molecule has 5 nitrogen and oxygen atoms in total. The van der Waals surface area contributed by atoms with E-state index in [1.165, 1.54) is 11.1 Å². The minimum Gasteiger partial charge on any atom is -0.373 e. The van der Waals surface area contributed by atoms with Crippen molar-refractivity contribution >= 4 is 41.3 Å². The molecule has 3 rings (SSSR count). The van der Waals surface area contributed by atoms with Crippen LogP contribution in [0.3, 0.4) is 0 Å². The van der Waals surface area contributed by atoms with Crippen molar-refractivity contribution in [2.45, 2.75) is 38.5 Å². The van der Waals surface area contributed by atoms with E-state index in [-0.39, 0.29) is 30.1 Å². The Morgan fingerprint density at radius 3 is 2.65 bits per heavy atom. The number of aliphatic imine (C=N–C) groups is 1. The fraction of sp³-hybridized carbons (Fsp3) is 0.524. The number of aryl methyl sites for hydroxylation is 1. The average molecular weight is 568 g/mol. The van der Waals surface area contributed by atoms with Gasteiger partial charge in [-0.25, -0.2) is 4.98 Å². The lowest BCUT2D eigenvalue weighted by atomic mass is 9.89. The first-order valence-corrected chi connectivity index (χ1v) is 10.9. The van der Waals surface area contributed by atoms with Crippen molar-refractivity contribution in [3.05, 3.63) is 51.5 Å². The third-order valence-corrected chi connectivity index (χ3v) is 5.99. The summed E-state index contributed by atoms with van der Waals surface area (Å²) in [6.45, 7) is 3.98. The van der Waals surface area contributed by atoms with Crippen LogP contribution in [0.1, 0.15) is 40.8 Å². The summed E-state index contributed by atoms with van der Waals surface area (Å²) in [4.78, 5) is 7.86. The summed E-state index contributed by atoms with van der Waals surface area (Å²) >= 11 is 1.02. The molecule has 0 aliphatic carbocycles. The standard InChI is InChI=1S/C21H27F3N4OS.HI/c1-14-5-7-15(8-6-14)19-16(4-3-11-29-19)12-27-20(25-2)26-10-9-18-28-17(13-30-18)21(22,23)24;/h5-8,13,16,19H,3-4,9-12H2,1-2H3,(H2,25,26,27);1H. The SMILES string of the molecule is CN=C(NCCc1nc(C(F)(F)F)cs1)NCC1CCCOC1c1ccc(C)cc1.I. The molecule has 2 N–H and O–H groups in total. The quantitative estimate of drug-likeness (QED) is 0.294. The Morgan fingerprint density at radius 2 is 2.00 bits per heavy atom. The van der Waals surface area contributed by atoms with Gasteiger partial charge in [0.2, 0.25) is 0 Å². The van der Waals surface area contributed by atoms with Crippen molar-refractivity contribution < 1.29 is 17.9 Å². The number of halogens is 4. The number of guanidine groups is 1. The van der Waals surface area contributed by atoms with E-state index in [0.29, 0.717) is 36.4 Å². The number of rotatable bonds is 6. The Bertz CT molecular complexity index is 842. The molecule has 0 spiro atoms. The molecule has 0 amide bonds. The molecule has 1 saturated heterocycles. The van der Waals surface area contributed by atoms with E-state index in [0.717, 1.165) is 36.2 Å². The van der Waals surface area contributed by atoms with Crippen molar-refractivity contribution in [2.75, 3.05) is 26.7 Å². The summed E-state index contributed by atoms with van der Waals surface area (Å²) in [6.07, 6.45) is -1.87. The molecule has 2 aromatic rings. The summed E-state index contributed by atoms with van der Waals surface area (Å²) in [5.74, 6) is 0.934. The molecule has 31 heavy (non-hydrogen) atoms. The highest BCUT2D eigenvalue weighted by Crippen LogP contribution is 2.33. The lowest BCUT2D eigenvalue weighted by molar-refractivity contribution is -0.140. The van der Waals surface area contributed by atoms with E-state index in [4.69, 9.17) is 4.74 Å². The Labute approximate surface area is 201 Å². The summed E-state index contributed by atoms with van der Waals surface area (Å²) in [6, 6.07) is 8.44. The molecule has 2 heterocycles. The van der Waals surface area contributed by atoms with Crippen LogP contribution in [-0.4, -0.2) is 37.7 Å². The van der Waals surface area contributed by atoms with Gasteiger partial charge in [0.15, 0.2) is 11.7 Å². The second-order valence-electron chi connectivity index (χ2n) is 7.36. The topological polar surface area (TPSA) is 58.5 Å². The molecular formula is C21H28F3IN4OS. The number of alkyl halides is 3. The maximum absolute atomic E-state index is 12.6. The van der Waals surface area contributed by atoms with Gasteiger partial charge in [0, 0.05) is 44.5 Å². The Kier molecular flexibility index (Phi) is 10.0. The highest BCUT2D eigenvalue weighted by atomic mass is 127. The maximum Gasteiger partial charge on any atom is 0.434 e. The van der Waals surface area contributed by atoms with Crippen LogP contribution in [0, 0.1) is 12.8 Å². The van der Waals surface area contributed by atoms with E-state index in [1.807, 2.05) is 0 Å². The van der Waals surface area contributed by atoms with Gasteiger partial charge < -0.3 is 15.4 Å². The van der Waals surface area contributed by atoms with Gasteiger partial charge in [-0.1, -0.05) is 29.8 Å². The van der Waals surface area contributed by atoms with E-state index in [2.05, 4.69) is 51.8 Å². The lowest BCUT2D eigenvalue weighted by Crippen LogP contribution is -2.42. The predicted molar refractivity (Wildman–Crippen MR) is 128 cm³/mol. The van der Waals surface area contributed by atoms with Crippen LogP contribution < -0.4 is 10.6 Å². The molecule has 1 fully saturated rings. The van der Waals surface area contributed by atoms with Crippen molar-refractivity contribution in [3.8, 4) is 0 Å². The van der Waals surface area contributed by atoms with Gasteiger partial charge in [-0.2, -0.15) is 13.2 Å². The number of nitrogens with zero attached hydrogens (tertiary/aromatic N) is 2. The Hall–Kier alpha value is -1.40. The average Bonchev–Trinajstić information content (AvgIpc) is 3.21. The Morgan fingerprint density at radius 1 is 1.26 bits per heavy atom. The number of hydrogen-bond acceptors (Lipinski definition) is 4. The van der Waals surface area contributed by atoms with E-state index in [1.54, 1.807) is 7.05 Å². The summed E-state index contributed by atoms with van der Waals surface area (Å²) < 4.78 is 44.0. The monoisotopic (exact) mass is 568 g/mol. The van der Waals surface area contributed by atoms with E-state index in [9.17, 15) is 13.2 Å². The number of ether oxygens (including phenoxy) is 1. The van der Waals surface area contributed by atoms with Crippen molar-refractivity contribution in [3.63, 3.8) is 0 Å². The lowest BCUT2D eigenvalue weighted by Gasteiger charge is -2.32. The van der Waals surface area contributed by atoms with Crippen LogP contribution >= 0.6 is 35.3 Å². The molecule has 0 bridgehead atoms. The fourth-order valence-electron chi connectivity index (χ4n) is 3.47. The van der Waals surface area contributed by atoms with E-state index >= 15 is 0 Å². The van der Waals surface area contributed by atoms with E-state index < -0.39 is 11.9 Å². The Balaban J connectivity index is 0.00000341. The van der Waals surface area contributed by atoms with Gasteiger partial charge in [0.1, 0.15) is 0 Å². The molecule has 1 aromatic carbocycles. The summed E-state index contributed by atoms with van der Waals surface area (Å²) in [5, 5.41) is 7.98. The molecular weight excluding hydrogens is 540 g/mol. The normalized spacial score (nSPS) is 19.6. The van der Waals surface area contributed by atoms with Gasteiger partial charge in [-0.05, 0) is 25.3 Å². The zero-order valence-electron chi connectivity index (χ0n) is 17.5.